The van der Waals surface area contributed by atoms with Crippen LogP contribution >= 0.6 is 22.9 Å². The van der Waals surface area contributed by atoms with Crippen LogP contribution in [0.15, 0.2) is 12.1 Å². The molecule has 1 aliphatic heterocycles. The van der Waals surface area contributed by atoms with Crippen LogP contribution in [0.3, 0.4) is 0 Å². The molecule has 4 unspecified atom stereocenters. The Bertz CT molecular complexity index is 1860. The first kappa shape index (κ1) is 43.9. The van der Waals surface area contributed by atoms with E-state index in [4.69, 9.17) is 37.9 Å². The molecule has 59 heavy (non-hydrogen) atoms. The lowest BCUT2D eigenvalue weighted by Crippen LogP contribution is -2.75. The van der Waals surface area contributed by atoms with Crippen molar-refractivity contribution in [3.63, 3.8) is 0 Å². The zero-order chi connectivity index (χ0) is 43.0. The van der Waals surface area contributed by atoms with Gasteiger partial charge in [0, 0.05) is 86.1 Å². The Morgan fingerprint density at radius 2 is 1.61 bits per heavy atom. The Kier molecular flexibility index (Phi) is 11.6. The molecule has 0 aromatic heterocycles. The molecule has 6 aliphatic rings. The predicted octanol–water partition coefficient (Wildman–Crippen LogP) is 5.75. The van der Waals surface area contributed by atoms with Gasteiger partial charge in [0.25, 0.3) is 0 Å². The van der Waals surface area contributed by atoms with E-state index >= 15 is 0 Å². The van der Waals surface area contributed by atoms with Gasteiger partial charge in [-0.2, -0.15) is 0 Å². The number of rotatable bonds is 17. The summed E-state index contributed by atoms with van der Waals surface area (Å²) in [5, 5.41) is 12.4. The van der Waals surface area contributed by atoms with Crippen molar-refractivity contribution < 1.29 is 67.0 Å². The lowest BCUT2D eigenvalue weighted by atomic mass is 9.33. The fourth-order valence-corrected chi connectivity index (χ4v) is 13.0. The summed E-state index contributed by atoms with van der Waals surface area (Å²) in [5.41, 5.74) is -0.136. The zero-order valence-electron chi connectivity index (χ0n) is 35.4. The fraction of sp³-hybridized carbons (Fsp3) is 0.744. The number of carbonyl (C=O) groups excluding carboxylic acids is 5. The largest absolute Gasteiger partial charge is 0.517 e. The van der Waals surface area contributed by atoms with E-state index in [1.165, 1.54) is 33.6 Å². The molecule has 1 aromatic carbocycles. The monoisotopic (exact) mass is 939 g/mol. The maximum atomic E-state index is 13.3. The van der Waals surface area contributed by atoms with Gasteiger partial charge in [-0.15, -0.1) is 0 Å². The van der Waals surface area contributed by atoms with Crippen molar-refractivity contribution in [2.75, 3.05) is 26.9 Å². The lowest BCUT2D eigenvalue weighted by molar-refractivity contribution is -0.200. The van der Waals surface area contributed by atoms with Crippen LogP contribution in [-0.2, 0) is 59.4 Å². The number of hydrogen-bond donors (Lipinski definition) is 1. The third-order valence-corrected chi connectivity index (χ3v) is 15.6. The minimum absolute atomic E-state index is 0.0297. The van der Waals surface area contributed by atoms with Gasteiger partial charge in [0.05, 0.1) is 30.0 Å². The Hall–Kier alpha value is -3.22. The van der Waals surface area contributed by atoms with E-state index in [9.17, 15) is 29.1 Å². The van der Waals surface area contributed by atoms with Crippen LogP contribution in [0.4, 0.5) is 4.79 Å². The smallest absolute Gasteiger partial charge is 0.482 e. The maximum absolute atomic E-state index is 13.3. The molecule has 5 aliphatic carbocycles. The standard InChI is InChI=1S/C43H58INO14/c1-10-41-21-42-33(36(42)40(8,51)39(5,6)7)35(52-9)37-43(41,42)32-26(17-29(41)45(44)18-25-11-12-25)13-14-28(34(32)59-37)58-38(50)56-24(4)55-30(48)15-16-31(49)57-27(19-53-22(2)46)20-54-23(3)47/h13-14,24-25,27,29,33,35-37,51H,10-12,15-21H2,1-9H3/t24?,29?,33-,35?,36?,37-,40-,41-,42+,43+/m0/s1. The minimum atomic E-state index is -1.37. The molecule has 0 radical (unpaired) electrons. The molecule has 15 nitrogen and oxygen atoms in total. The molecule has 1 heterocycles. The Morgan fingerprint density at radius 3 is 2.17 bits per heavy atom. The van der Waals surface area contributed by atoms with Crippen molar-refractivity contribution >= 4 is 52.9 Å². The summed E-state index contributed by atoms with van der Waals surface area (Å²) in [6.45, 7) is 14.6. The second kappa shape index (κ2) is 15.6. The van der Waals surface area contributed by atoms with Gasteiger partial charge in [0.15, 0.2) is 17.6 Å². The van der Waals surface area contributed by atoms with Gasteiger partial charge < -0.3 is 43.0 Å². The molecule has 4 fully saturated rings. The van der Waals surface area contributed by atoms with Crippen molar-refractivity contribution in [2.24, 2.45) is 34.0 Å². The highest BCUT2D eigenvalue weighted by atomic mass is 127. The third kappa shape index (κ3) is 6.99. The Labute approximate surface area is 359 Å². The van der Waals surface area contributed by atoms with Gasteiger partial charge >= 0.3 is 30.0 Å². The number of aliphatic hydroxyl groups is 1. The summed E-state index contributed by atoms with van der Waals surface area (Å²) in [7, 11) is 1.73. The Balaban J connectivity index is 1.08. The molecular formula is C43H58INO14. The number of nitrogens with zero attached hydrogens (tertiary/aromatic N) is 1. The van der Waals surface area contributed by atoms with E-state index in [1.54, 1.807) is 13.2 Å². The first-order chi connectivity index (χ1) is 27.7. The Morgan fingerprint density at radius 1 is 0.983 bits per heavy atom. The maximum Gasteiger partial charge on any atom is 0.517 e. The van der Waals surface area contributed by atoms with Crippen LogP contribution in [0.1, 0.15) is 105 Å². The highest BCUT2D eigenvalue weighted by molar-refractivity contribution is 14.1. The van der Waals surface area contributed by atoms with E-state index in [-0.39, 0.29) is 59.9 Å². The zero-order valence-corrected chi connectivity index (χ0v) is 37.6. The first-order valence-corrected chi connectivity index (χ1v) is 21.7. The molecule has 7 rings (SSSR count). The SMILES string of the molecule is CC[C@@]12C[C@]34C([C@](C)(O)C(C)(C)C)[C@@H]3C(OC)[C@@H]3Oc5c(OC(=O)OC(C)OC(=O)CCC(=O)OC(COC(C)=O)COC(C)=O)ccc(c5[C@@]314)CC2N(I)CC1CC1. The second-order valence-corrected chi connectivity index (χ2v) is 19.8. The second-order valence-electron chi connectivity index (χ2n) is 18.6. The summed E-state index contributed by atoms with van der Waals surface area (Å²) in [6.07, 6.45) is 0.160. The number of benzene rings is 1. The van der Waals surface area contributed by atoms with Crippen molar-refractivity contribution in [2.45, 2.75) is 142 Å². The number of halogens is 1. The van der Waals surface area contributed by atoms with Crippen LogP contribution < -0.4 is 9.47 Å². The lowest BCUT2D eigenvalue weighted by Gasteiger charge is -2.71. The van der Waals surface area contributed by atoms with Crippen molar-refractivity contribution in [3.05, 3.63) is 23.3 Å². The topological polar surface area (TPSA) is 183 Å². The van der Waals surface area contributed by atoms with Crippen LogP contribution in [0, 0.1) is 34.0 Å². The number of carbonyl (C=O) groups is 5. The molecule has 2 spiro atoms. The molecule has 1 N–H and O–H groups in total. The van der Waals surface area contributed by atoms with Crippen molar-refractivity contribution in [1.82, 2.24) is 3.11 Å². The molecule has 0 bridgehead atoms. The summed E-state index contributed by atoms with van der Waals surface area (Å²) in [6, 6.07) is 4.00. The highest BCUT2D eigenvalue weighted by Crippen LogP contribution is 2.96. The van der Waals surface area contributed by atoms with Gasteiger partial charge in [-0.05, 0) is 67.4 Å². The predicted molar refractivity (Wildman–Crippen MR) is 216 cm³/mol. The number of hydrogen-bond acceptors (Lipinski definition) is 15. The summed E-state index contributed by atoms with van der Waals surface area (Å²) < 4.78 is 47.3. The van der Waals surface area contributed by atoms with Gasteiger partial charge in [0.2, 0.25) is 6.29 Å². The average molecular weight is 940 g/mol. The van der Waals surface area contributed by atoms with Gasteiger partial charge in [-0.1, -0.05) is 33.8 Å². The average Bonchev–Trinajstić information content (AvgIpc) is 4.03. The van der Waals surface area contributed by atoms with Crippen molar-refractivity contribution in [1.29, 1.82) is 0 Å². The number of ether oxygens (including phenoxy) is 8. The van der Waals surface area contributed by atoms with Gasteiger partial charge in [-0.3, -0.25) is 19.2 Å². The molecule has 4 saturated carbocycles. The quantitative estimate of drug-likeness (QED) is 0.0497. The molecule has 326 valence electrons. The van der Waals surface area contributed by atoms with E-state index < -0.39 is 71.7 Å². The first-order valence-electron chi connectivity index (χ1n) is 20.7. The molecule has 0 saturated heterocycles. The molecular weight excluding hydrogens is 881 g/mol. The summed E-state index contributed by atoms with van der Waals surface area (Å²) in [5.74, 6) is -1.45. The molecule has 0 amide bonds. The van der Waals surface area contributed by atoms with E-state index in [2.05, 4.69) is 53.7 Å². The van der Waals surface area contributed by atoms with Crippen LogP contribution in [0.5, 0.6) is 11.5 Å². The number of methoxy groups -OCH3 is 1. The van der Waals surface area contributed by atoms with E-state index in [0.29, 0.717) is 11.7 Å². The normalized spacial score (nSPS) is 32.0. The van der Waals surface area contributed by atoms with E-state index in [0.717, 1.165) is 36.9 Å². The molecule has 16 heteroatoms. The molecule has 10 atom stereocenters. The number of esters is 4. The minimum Gasteiger partial charge on any atom is -0.482 e. The van der Waals surface area contributed by atoms with E-state index in [1.807, 2.05) is 13.0 Å². The van der Waals surface area contributed by atoms with Crippen LogP contribution in [0.2, 0.25) is 0 Å². The van der Waals surface area contributed by atoms with Crippen molar-refractivity contribution in [3.8, 4) is 11.5 Å². The fourth-order valence-electron chi connectivity index (χ4n) is 11.7. The molecule has 1 aromatic rings. The van der Waals surface area contributed by atoms with Crippen LogP contribution in [-0.4, -0.2) is 101 Å². The summed E-state index contributed by atoms with van der Waals surface area (Å²) >= 11 is 2.55. The summed E-state index contributed by atoms with van der Waals surface area (Å²) in [4.78, 5) is 60.8. The third-order valence-electron chi connectivity index (χ3n) is 14.5. The van der Waals surface area contributed by atoms with Gasteiger partial charge in [0.1, 0.15) is 19.3 Å². The van der Waals surface area contributed by atoms with Gasteiger partial charge in [-0.25, -0.2) is 7.91 Å². The highest BCUT2D eigenvalue weighted by Gasteiger charge is 3.00. The van der Waals surface area contributed by atoms with Crippen LogP contribution in [0.25, 0.3) is 0 Å².